The van der Waals surface area contributed by atoms with E-state index in [-0.39, 0.29) is 23.5 Å². The first-order valence-corrected chi connectivity index (χ1v) is 8.16. The molecular formula is C16H21ClN2O3. The minimum absolute atomic E-state index is 0.0980. The lowest BCUT2D eigenvalue weighted by molar-refractivity contribution is -0.207. The van der Waals surface area contributed by atoms with E-state index in [2.05, 4.69) is 4.98 Å². The number of piperidine rings is 1. The monoisotopic (exact) mass is 324 g/mol. The van der Waals surface area contributed by atoms with Crippen molar-refractivity contribution in [3.8, 4) is 0 Å². The van der Waals surface area contributed by atoms with Crippen molar-refractivity contribution in [3.05, 3.63) is 29.0 Å². The van der Waals surface area contributed by atoms with Crippen LogP contribution in [-0.4, -0.2) is 52.8 Å². The van der Waals surface area contributed by atoms with Gasteiger partial charge in [-0.05, 0) is 31.9 Å². The zero-order valence-electron chi connectivity index (χ0n) is 12.7. The van der Waals surface area contributed by atoms with Crippen LogP contribution in [0.4, 0.5) is 0 Å². The third kappa shape index (κ3) is 2.62. The maximum Gasteiger partial charge on any atom is 0.272 e. The molecule has 0 radical (unpaired) electrons. The van der Waals surface area contributed by atoms with E-state index in [0.717, 1.165) is 12.8 Å². The first kappa shape index (κ1) is 15.7. The van der Waals surface area contributed by atoms with Crippen molar-refractivity contribution >= 4 is 17.5 Å². The standard InChI is InChI=1S/C16H21ClN2O3/c1-2-22-13-10-12(20)16(13)6-8-19(9-7-16)15(21)11-4-3-5-14(17)18-11/h3-5,12-13,20H,2,6-10H2,1H3. The summed E-state index contributed by atoms with van der Waals surface area (Å²) in [4.78, 5) is 18.3. The molecule has 2 heterocycles. The van der Waals surface area contributed by atoms with Gasteiger partial charge in [0.2, 0.25) is 0 Å². The van der Waals surface area contributed by atoms with E-state index in [9.17, 15) is 9.90 Å². The molecule has 2 unspecified atom stereocenters. The fourth-order valence-corrected chi connectivity index (χ4v) is 3.80. The second-order valence-corrected chi connectivity index (χ2v) is 6.45. The number of hydrogen-bond acceptors (Lipinski definition) is 4. The normalized spacial score (nSPS) is 26.8. The lowest BCUT2D eigenvalue weighted by atomic mass is 9.58. The predicted molar refractivity (Wildman–Crippen MR) is 82.9 cm³/mol. The van der Waals surface area contributed by atoms with Crippen LogP contribution in [0.3, 0.4) is 0 Å². The van der Waals surface area contributed by atoms with E-state index in [4.69, 9.17) is 16.3 Å². The number of hydrogen-bond donors (Lipinski definition) is 1. The second kappa shape index (κ2) is 6.14. The molecule has 3 rings (SSSR count). The number of pyridine rings is 1. The Labute approximate surface area is 135 Å². The Balaban J connectivity index is 1.65. The molecule has 2 fully saturated rings. The van der Waals surface area contributed by atoms with Crippen LogP contribution in [-0.2, 0) is 4.74 Å². The number of likely N-dealkylation sites (tertiary alicyclic amines) is 1. The molecule has 1 saturated heterocycles. The number of aliphatic hydroxyl groups is 1. The molecule has 0 aromatic carbocycles. The highest BCUT2D eigenvalue weighted by atomic mass is 35.5. The van der Waals surface area contributed by atoms with Crippen LogP contribution in [0.15, 0.2) is 18.2 Å². The highest BCUT2D eigenvalue weighted by Gasteiger charge is 2.56. The van der Waals surface area contributed by atoms with E-state index >= 15 is 0 Å². The molecule has 1 aliphatic carbocycles. The third-order valence-electron chi connectivity index (χ3n) is 5.03. The van der Waals surface area contributed by atoms with Crippen molar-refractivity contribution in [2.24, 2.45) is 5.41 Å². The molecule has 22 heavy (non-hydrogen) atoms. The lowest BCUT2D eigenvalue weighted by Gasteiger charge is -2.56. The predicted octanol–water partition coefficient (Wildman–Crippen LogP) is 2.13. The van der Waals surface area contributed by atoms with Crippen LogP contribution in [0.2, 0.25) is 5.15 Å². The molecule has 1 amide bonds. The summed E-state index contributed by atoms with van der Waals surface area (Å²) in [5.74, 6) is -0.0980. The van der Waals surface area contributed by atoms with Crippen LogP contribution >= 0.6 is 11.6 Å². The number of rotatable bonds is 3. The van der Waals surface area contributed by atoms with Gasteiger partial charge in [0.1, 0.15) is 10.8 Å². The fourth-order valence-electron chi connectivity index (χ4n) is 3.63. The van der Waals surface area contributed by atoms with Crippen LogP contribution < -0.4 is 0 Å². The molecule has 1 aliphatic heterocycles. The Morgan fingerprint density at radius 1 is 1.50 bits per heavy atom. The highest BCUT2D eigenvalue weighted by molar-refractivity contribution is 6.29. The Hall–Kier alpha value is -1.17. The van der Waals surface area contributed by atoms with E-state index in [1.54, 1.807) is 23.1 Å². The minimum atomic E-state index is -0.314. The topological polar surface area (TPSA) is 62.7 Å². The van der Waals surface area contributed by atoms with Crippen molar-refractivity contribution in [2.75, 3.05) is 19.7 Å². The van der Waals surface area contributed by atoms with Gasteiger partial charge in [-0.2, -0.15) is 0 Å². The van der Waals surface area contributed by atoms with Gasteiger partial charge in [-0.15, -0.1) is 0 Å². The number of halogens is 1. The molecule has 6 heteroatoms. The average Bonchev–Trinajstić information content (AvgIpc) is 2.54. The smallest absolute Gasteiger partial charge is 0.272 e. The summed E-state index contributed by atoms with van der Waals surface area (Å²) < 4.78 is 5.74. The number of carbonyl (C=O) groups is 1. The molecule has 1 saturated carbocycles. The van der Waals surface area contributed by atoms with Gasteiger partial charge < -0.3 is 14.7 Å². The summed E-state index contributed by atoms with van der Waals surface area (Å²) in [7, 11) is 0. The Morgan fingerprint density at radius 3 is 2.82 bits per heavy atom. The van der Waals surface area contributed by atoms with Gasteiger partial charge in [-0.3, -0.25) is 4.79 Å². The zero-order chi connectivity index (χ0) is 15.7. The van der Waals surface area contributed by atoms with Gasteiger partial charge in [0.05, 0.1) is 12.2 Å². The second-order valence-electron chi connectivity index (χ2n) is 6.07. The number of aromatic nitrogens is 1. The minimum Gasteiger partial charge on any atom is -0.392 e. The molecule has 2 atom stereocenters. The van der Waals surface area contributed by atoms with Crippen molar-refractivity contribution in [2.45, 2.75) is 38.4 Å². The maximum atomic E-state index is 12.5. The van der Waals surface area contributed by atoms with E-state index in [1.807, 2.05) is 6.92 Å². The summed E-state index contributed by atoms with van der Waals surface area (Å²) in [6.07, 6.45) is 2.05. The molecule has 120 valence electrons. The molecular weight excluding hydrogens is 304 g/mol. The highest BCUT2D eigenvalue weighted by Crippen LogP contribution is 2.51. The van der Waals surface area contributed by atoms with E-state index < -0.39 is 0 Å². The Bertz CT molecular complexity index is 556. The summed E-state index contributed by atoms with van der Waals surface area (Å²) in [6.45, 7) is 3.87. The molecule has 1 aromatic rings. The van der Waals surface area contributed by atoms with Gasteiger partial charge in [0.15, 0.2) is 0 Å². The molecule has 5 nitrogen and oxygen atoms in total. The van der Waals surface area contributed by atoms with Gasteiger partial charge in [0, 0.05) is 31.5 Å². The van der Waals surface area contributed by atoms with Crippen LogP contribution in [0, 0.1) is 5.41 Å². The van der Waals surface area contributed by atoms with Gasteiger partial charge in [-0.1, -0.05) is 17.7 Å². The van der Waals surface area contributed by atoms with Crippen molar-refractivity contribution in [3.63, 3.8) is 0 Å². The molecule has 1 spiro atoms. The number of amides is 1. The van der Waals surface area contributed by atoms with Crippen molar-refractivity contribution < 1.29 is 14.6 Å². The SMILES string of the molecule is CCOC1CC(O)C12CCN(C(=O)c1cccc(Cl)n1)CC2. The first-order valence-electron chi connectivity index (χ1n) is 7.78. The van der Waals surface area contributed by atoms with Crippen LogP contribution in [0.5, 0.6) is 0 Å². The number of aliphatic hydroxyl groups excluding tert-OH is 1. The Morgan fingerprint density at radius 2 is 2.23 bits per heavy atom. The summed E-state index contributed by atoms with van der Waals surface area (Å²) in [5.41, 5.74) is 0.202. The first-order chi connectivity index (χ1) is 10.6. The van der Waals surface area contributed by atoms with Crippen molar-refractivity contribution in [1.29, 1.82) is 0 Å². The average molecular weight is 325 g/mol. The molecule has 1 N–H and O–H groups in total. The molecule has 0 bridgehead atoms. The third-order valence-corrected chi connectivity index (χ3v) is 5.24. The molecule has 2 aliphatic rings. The number of nitrogens with zero attached hydrogens (tertiary/aromatic N) is 2. The largest absolute Gasteiger partial charge is 0.392 e. The lowest BCUT2D eigenvalue weighted by Crippen LogP contribution is -2.62. The number of carbonyl (C=O) groups excluding carboxylic acids is 1. The van der Waals surface area contributed by atoms with Gasteiger partial charge in [0.25, 0.3) is 5.91 Å². The summed E-state index contributed by atoms with van der Waals surface area (Å²) in [5, 5.41) is 10.5. The Kier molecular flexibility index (Phi) is 4.39. The van der Waals surface area contributed by atoms with Crippen LogP contribution in [0.25, 0.3) is 0 Å². The maximum absolute atomic E-state index is 12.5. The van der Waals surface area contributed by atoms with E-state index in [0.29, 0.717) is 37.0 Å². The van der Waals surface area contributed by atoms with Gasteiger partial charge in [-0.25, -0.2) is 4.98 Å². The van der Waals surface area contributed by atoms with Gasteiger partial charge >= 0.3 is 0 Å². The molecule has 1 aromatic heterocycles. The quantitative estimate of drug-likeness (QED) is 0.865. The van der Waals surface area contributed by atoms with Crippen LogP contribution in [0.1, 0.15) is 36.7 Å². The zero-order valence-corrected chi connectivity index (χ0v) is 13.4. The summed E-state index contributed by atoms with van der Waals surface area (Å²) in [6, 6.07) is 5.07. The number of ether oxygens (including phenoxy) is 1. The van der Waals surface area contributed by atoms with Crippen molar-refractivity contribution in [1.82, 2.24) is 9.88 Å². The van der Waals surface area contributed by atoms with E-state index in [1.165, 1.54) is 0 Å². The summed E-state index contributed by atoms with van der Waals surface area (Å²) >= 11 is 5.85. The fraction of sp³-hybridized carbons (Fsp3) is 0.625.